The largest absolute Gasteiger partial charge is 0.467 e. The zero-order chi connectivity index (χ0) is 22.1. The highest BCUT2D eigenvalue weighted by Gasteiger charge is 2.31. The molecule has 0 spiro atoms. The van der Waals surface area contributed by atoms with Crippen molar-refractivity contribution in [3.8, 4) is 0 Å². The van der Waals surface area contributed by atoms with E-state index in [-0.39, 0.29) is 24.2 Å². The zero-order valence-corrected chi connectivity index (χ0v) is 18.2. The lowest BCUT2D eigenvalue weighted by atomic mass is 10.1. The number of quaternary nitrogens is 1. The predicted molar refractivity (Wildman–Crippen MR) is 111 cm³/mol. The Morgan fingerprint density at radius 2 is 1.83 bits per heavy atom. The van der Waals surface area contributed by atoms with Crippen LogP contribution in [0.15, 0.2) is 47.1 Å². The second-order valence-electron chi connectivity index (χ2n) is 7.86. The van der Waals surface area contributed by atoms with Crippen LogP contribution in [0, 0.1) is 11.7 Å². The zero-order valence-electron chi connectivity index (χ0n) is 18.2. The molecule has 2 atom stereocenters. The first-order valence-corrected chi connectivity index (χ1v) is 10.4. The second kappa shape index (κ2) is 11.5. The highest BCUT2D eigenvalue weighted by atomic mass is 19.1. The topological polar surface area (TPSA) is 64.2 Å². The van der Waals surface area contributed by atoms with Gasteiger partial charge >= 0.3 is 5.97 Å². The van der Waals surface area contributed by atoms with Gasteiger partial charge in [-0.2, -0.15) is 0 Å². The maximum atomic E-state index is 13.3. The molecule has 0 aliphatic rings. The first-order valence-electron chi connectivity index (χ1n) is 10.4. The van der Waals surface area contributed by atoms with Crippen molar-refractivity contribution in [3.05, 3.63) is 59.8 Å². The van der Waals surface area contributed by atoms with Crippen molar-refractivity contribution < 1.29 is 28.0 Å². The standard InChI is InChI=1S/C23H31FN2O4/c1-5-29-23(28)18(4)25(13-17(2)3)16-22(27)26(15-21-7-6-12-30-21)14-19-8-10-20(24)11-9-19/h6-12,17-18H,5,13-16H2,1-4H3/p+1/t18-/m0/s1. The van der Waals surface area contributed by atoms with Crippen molar-refractivity contribution in [2.45, 2.75) is 46.8 Å². The molecule has 1 amide bonds. The smallest absolute Gasteiger partial charge is 0.364 e. The monoisotopic (exact) mass is 419 g/mol. The van der Waals surface area contributed by atoms with Crippen LogP contribution >= 0.6 is 0 Å². The number of amides is 1. The first-order chi connectivity index (χ1) is 14.3. The summed E-state index contributed by atoms with van der Waals surface area (Å²) in [6.07, 6.45) is 1.56. The molecule has 1 unspecified atom stereocenters. The van der Waals surface area contributed by atoms with E-state index >= 15 is 0 Å². The van der Waals surface area contributed by atoms with E-state index in [0.29, 0.717) is 37.9 Å². The first kappa shape index (κ1) is 23.6. The van der Waals surface area contributed by atoms with Crippen LogP contribution in [0.5, 0.6) is 0 Å². The van der Waals surface area contributed by atoms with Crippen molar-refractivity contribution in [1.82, 2.24) is 4.90 Å². The maximum absolute atomic E-state index is 13.3. The Hall–Kier alpha value is -2.67. The summed E-state index contributed by atoms with van der Waals surface area (Å²) in [6, 6.07) is 9.22. The van der Waals surface area contributed by atoms with E-state index < -0.39 is 6.04 Å². The minimum Gasteiger partial charge on any atom is -0.467 e. The van der Waals surface area contributed by atoms with Crippen LogP contribution < -0.4 is 4.90 Å². The number of nitrogens with zero attached hydrogens (tertiary/aromatic N) is 1. The van der Waals surface area contributed by atoms with Crippen molar-refractivity contribution in [2.24, 2.45) is 5.92 Å². The minimum absolute atomic E-state index is 0.109. The molecule has 1 aromatic heterocycles. The van der Waals surface area contributed by atoms with E-state index in [1.807, 2.05) is 6.07 Å². The number of halogens is 1. The Bertz CT molecular complexity index is 790. The highest BCUT2D eigenvalue weighted by Crippen LogP contribution is 2.11. The Morgan fingerprint density at radius 3 is 2.40 bits per heavy atom. The molecule has 0 bridgehead atoms. The highest BCUT2D eigenvalue weighted by molar-refractivity contribution is 5.78. The average Bonchev–Trinajstić information content (AvgIpc) is 3.21. The van der Waals surface area contributed by atoms with Crippen LogP contribution in [0.2, 0.25) is 0 Å². The van der Waals surface area contributed by atoms with Gasteiger partial charge in [-0.15, -0.1) is 0 Å². The molecule has 1 aromatic carbocycles. The Morgan fingerprint density at radius 1 is 1.13 bits per heavy atom. The van der Waals surface area contributed by atoms with Crippen LogP contribution in [-0.4, -0.2) is 42.5 Å². The number of carbonyl (C=O) groups excluding carboxylic acids is 2. The van der Waals surface area contributed by atoms with Crippen LogP contribution in [0.4, 0.5) is 4.39 Å². The molecule has 0 aliphatic carbocycles. The van der Waals surface area contributed by atoms with E-state index in [1.165, 1.54) is 12.1 Å². The van der Waals surface area contributed by atoms with E-state index in [0.717, 1.165) is 10.5 Å². The number of hydrogen-bond donors (Lipinski definition) is 1. The molecule has 0 fully saturated rings. The normalized spacial score (nSPS) is 13.1. The molecule has 2 rings (SSSR count). The van der Waals surface area contributed by atoms with E-state index in [9.17, 15) is 14.0 Å². The third kappa shape index (κ3) is 7.30. The SMILES string of the molecule is CCOC(=O)[C@H](C)[NH+](CC(=O)N(Cc1ccc(F)cc1)Cc1ccco1)CC(C)C. The third-order valence-corrected chi connectivity index (χ3v) is 4.87. The minimum atomic E-state index is -0.451. The molecule has 0 saturated carbocycles. The number of nitrogens with one attached hydrogen (secondary N) is 1. The molecule has 2 aromatic rings. The lowest BCUT2D eigenvalue weighted by molar-refractivity contribution is -0.910. The molecule has 1 N–H and O–H groups in total. The summed E-state index contributed by atoms with van der Waals surface area (Å²) in [6.45, 7) is 9.42. The molecule has 6 nitrogen and oxygen atoms in total. The van der Waals surface area contributed by atoms with Gasteiger partial charge in [0.15, 0.2) is 12.6 Å². The molecule has 7 heteroatoms. The predicted octanol–water partition coefficient (Wildman–Crippen LogP) is 2.44. The fourth-order valence-corrected chi connectivity index (χ4v) is 3.30. The lowest BCUT2D eigenvalue weighted by Crippen LogP contribution is -3.18. The summed E-state index contributed by atoms with van der Waals surface area (Å²) in [5.41, 5.74) is 0.820. The van der Waals surface area contributed by atoms with Gasteiger partial charge in [0, 0.05) is 12.5 Å². The fraction of sp³-hybridized carbons (Fsp3) is 0.478. The molecule has 0 radical (unpaired) electrons. The van der Waals surface area contributed by atoms with Crippen LogP contribution in [-0.2, 0) is 27.4 Å². The van der Waals surface area contributed by atoms with Gasteiger partial charge in [-0.1, -0.05) is 26.0 Å². The molecule has 30 heavy (non-hydrogen) atoms. The van der Waals surface area contributed by atoms with Gasteiger partial charge < -0.3 is 19.0 Å². The van der Waals surface area contributed by atoms with Crippen molar-refractivity contribution >= 4 is 11.9 Å². The Balaban J connectivity index is 2.18. The van der Waals surface area contributed by atoms with Crippen LogP contribution in [0.1, 0.15) is 39.0 Å². The summed E-state index contributed by atoms with van der Waals surface area (Å²) in [4.78, 5) is 28.1. The summed E-state index contributed by atoms with van der Waals surface area (Å²) in [5.74, 6) is 0.229. The number of rotatable bonds is 11. The van der Waals surface area contributed by atoms with Gasteiger partial charge in [0.05, 0.1) is 26.0 Å². The number of benzene rings is 1. The van der Waals surface area contributed by atoms with E-state index in [1.54, 1.807) is 43.2 Å². The summed E-state index contributed by atoms with van der Waals surface area (Å²) < 4.78 is 23.9. The van der Waals surface area contributed by atoms with Gasteiger partial charge in [-0.3, -0.25) is 4.79 Å². The molecule has 0 saturated heterocycles. The lowest BCUT2D eigenvalue weighted by Gasteiger charge is -2.29. The summed E-state index contributed by atoms with van der Waals surface area (Å²) in [7, 11) is 0. The van der Waals surface area contributed by atoms with Gasteiger partial charge in [0.1, 0.15) is 11.6 Å². The van der Waals surface area contributed by atoms with Gasteiger partial charge in [-0.05, 0) is 43.7 Å². The fourth-order valence-electron chi connectivity index (χ4n) is 3.30. The number of ether oxygens (including phenoxy) is 1. The maximum Gasteiger partial charge on any atom is 0.364 e. The number of carbonyl (C=O) groups is 2. The van der Waals surface area contributed by atoms with Crippen molar-refractivity contribution in [1.29, 1.82) is 0 Å². The third-order valence-electron chi connectivity index (χ3n) is 4.87. The number of furan rings is 1. The Labute approximate surface area is 177 Å². The molecule has 0 aliphatic heterocycles. The number of hydrogen-bond acceptors (Lipinski definition) is 4. The second-order valence-corrected chi connectivity index (χ2v) is 7.86. The quantitative estimate of drug-likeness (QED) is 0.569. The van der Waals surface area contributed by atoms with Crippen LogP contribution in [0.3, 0.4) is 0 Å². The van der Waals surface area contributed by atoms with Crippen LogP contribution in [0.25, 0.3) is 0 Å². The van der Waals surface area contributed by atoms with E-state index in [4.69, 9.17) is 9.15 Å². The van der Waals surface area contributed by atoms with E-state index in [2.05, 4.69) is 13.8 Å². The van der Waals surface area contributed by atoms with Gasteiger partial charge in [-0.25, -0.2) is 9.18 Å². The molecular weight excluding hydrogens is 387 g/mol. The summed E-state index contributed by atoms with van der Waals surface area (Å²) >= 11 is 0. The summed E-state index contributed by atoms with van der Waals surface area (Å²) in [5, 5.41) is 0. The van der Waals surface area contributed by atoms with Crippen molar-refractivity contribution in [2.75, 3.05) is 19.7 Å². The average molecular weight is 420 g/mol. The molecule has 164 valence electrons. The number of esters is 1. The van der Waals surface area contributed by atoms with Crippen molar-refractivity contribution in [3.63, 3.8) is 0 Å². The van der Waals surface area contributed by atoms with Gasteiger partial charge in [0.25, 0.3) is 5.91 Å². The molecule has 1 heterocycles. The molecular formula is C23H32FN2O4+. The van der Waals surface area contributed by atoms with Gasteiger partial charge in [0.2, 0.25) is 0 Å². The Kier molecular flexibility index (Phi) is 9.05.